The predicted molar refractivity (Wildman–Crippen MR) is 111 cm³/mol. The molecule has 0 radical (unpaired) electrons. The highest BCUT2D eigenvalue weighted by Crippen LogP contribution is 2.28. The van der Waals surface area contributed by atoms with E-state index in [1.807, 2.05) is 47.1 Å². The molecule has 0 amide bonds. The Hall–Kier alpha value is -3.46. The second-order valence-corrected chi connectivity index (χ2v) is 7.34. The number of anilines is 1. The average molecular weight is 405 g/mol. The number of nitrogens with one attached hydrogen (secondary N) is 2. The smallest absolute Gasteiger partial charge is 0.178 e. The number of methoxy groups -OCH3 is 1. The molecule has 2 aromatic heterocycles. The molecule has 0 bridgehead atoms. The van der Waals surface area contributed by atoms with Gasteiger partial charge in [-0.15, -0.1) is 5.10 Å². The lowest BCUT2D eigenvalue weighted by molar-refractivity contribution is 0.0925. The van der Waals surface area contributed by atoms with Gasteiger partial charge < -0.3 is 19.8 Å². The zero-order chi connectivity index (χ0) is 20.3. The second kappa shape index (κ2) is 8.11. The van der Waals surface area contributed by atoms with Crippen LogP contribution in [0.15, 0.2) is 48.8 Å². The Morgan fingerprint density at radius 3 is 2.97 bits per heavy atom. The van der Waals surface area contributed by atoms with Crippen molar-refractivity contribution < 1.29 is 9.47 Å². The Morgan fingerprint density at radius 2 is 2.17 bits per heavy atom. The molecule has 0 spiro atoms. The molecular formula is C21H23N7O2. The van der Waals surface area contributed by atoms with E-state index in [1.165, 1.54) is 0 Å². The highest BCUT2D eigenvalue weighted by Gasteiger charge is 2.25. The quantitative estimate of drug-likeness (QED) is 0.487. The van der Waals surface area contributed by atoms with E-state index in [-0.39, 0.29) is 12.1 Å². The summed E-state index contributed by atoms with van der Waals surface area (Å²) in [6.07, 6.45) is 3.93. The fraction of sp³-hybridized carbons (Fsp3) is 0.333. The molecule has 2 aromatic carbocycles. The standard InChI is InChI=1S/C21H23N7O2/c1-29-16-7-4-14(5-8-16)20(24-15-6-9-18-19(11-15)23-13-22-18)21-25-26-27-28(21)12-17-3-2-10-30-17/h4-9,11,13,17,20,24H,2-3,10,12H2,1H3,(H,22,23). The maximum Gasteiger partial charge on any atom is 0.178 e. The number of aromatic amines is 1. The van der Waals surface area contributed by atoms with E-state index in [2.05, 4.69) is 30.8 Å². The van der Waals surface area contributed by atoms with Gasteiger partial charge in [0.25, 0.3) is 0 Å². The predicted octanol–water partition coefficient (Wildman–Crippen LogP) is 2.94. The number of hydrogen-bond acceptors (Lipinski definition) is 7. The summed E-state index contributed by atoms with van der Waals surface area (Å²) >= 11 is 0. The lowest BCUT2D eigenvalue weighted by Crippen LogP contribution is -2.23. The van der Waals surface area contributed by atoms with Crippen molar-refractivity contribution in [2.24, 2.45) is 0 Å². The van der Waals surface area contributed by atoms with Crippen molar-refractivity contribution in [3.63, 3.8) is 0 Å². The highest BCUT2D eigenvalue weighted by molar-refractivity contribution is 5.78. The maximum atomic E-state index is 5.79. The number of tetrazole rings is 1. The van der Waals surface area contributed by atoms with Crippen LogP contribution in [0.2, 0.25) is 0 Å². The van der Waals surface area contributed by atoms with Crippen molar-refractivity contribution in [3.8, 4) is 5.75 Å². The van der Waals surface area contributed by atoms with Crippen molar-refractivity contribution in [3.05, 3.63) is 60.2 Å². The van der Waals surface area contributed by atoms with E-state index < -0.39 is 0 Å². The molecule has 4 aromatic rings. The first-order valence-corrected chi connectivity index (χ1v) is 10.0. The third kappa shape index (κ3) is 3.71. The van der Waals surface area contributed by atoms with Crippen LogP contribution in [0.4, 0.5) is 5.69 Å². The molecule has 2 unspecified atom stereocenters. The van der Waals surface area contributed by atoms with E-state index in [4.69, 9.17) is 9.47 Å². The largest absolute Gasteiger partial charge is 0.497 e. The van der Waals surface area contributed by atoms with Crippen molar-refractivity contribution in [2.45, 2.75) is 31.5 Å². The Kier molecular flexibility index (Phi) is 5.02. The zero-order valence-electron chi connectivity index (χ0n) is 16.7. The van der Waals surface area contributed by atoms with Crippen LogP contribution in [-0.2, 0) is 11.3 Å². The number of imidazole rings is 1. The Bertz CT molecular complexity index is 1120. The van der Waals surface area contributed by atoms with Gasteiger partial charge in [-0.1, -0.05) is 12.1 Å². The van der Waals surface area contributed by atoms with Gasteiger partial charge in [0.15, 0.2) is 5.82 Å². The number of H-pyrrole nitrogens is 1. The summed E-state index contributed by atoms with van der Waals surface area (Å²) in [5, 5.41) is 16.1. The second-order valence-electron chi connectivity index (χ2n) is 7.34. The molecule has 1 aliphatic heterocycles. The van der Waals surface area contributed by atoms with Gasteiger partial charge in [0.05, 0.1) is 37.1 Å². The van der Waals surface area contributed by atoms with Gasteiger partial charge in [-0.3, -0.25) is 0 Å². The molecule has 1 fully saturated rings. The van der Waals surface area contributed by atoms with Crippen LogP contribution >= 0.6 is 0 Å². The zero-order valence-corrected chi connectivity index (χ0v) is 16.7. The molecule has 9 heteroatoms. The molecule has 1 saturated heterocycles. The van der Waals surface area contributed by atoms with E-state index in [0.29, 0.717) is 6.54 Å². The Balaban J connectivity index is 1.50. The number of ether oxygens (including phenoxy) is 2. The van der Waals surface area contributed by atoms with Gasteiger partial charge in [-0.05, 0) is 59.2 Å². The summed E-state index contributed by atoms with van der Waals surface area (Å²) in [7, 11) is 1.66. The van der Waals surface area contributed by atoms with Crippen molar-refractivity contribution in [2.75, 3.05) is 19.0 Å². The summed E-state index contributed by atoms with van der Waals surface area (Å²) in [4.78, 5) is 7.48. The molecule has 1 aliphatic rings. The lowest BCUT2D eigenvalue weighted by atomic mass is 10.0. The van der Waals surface area contributed by atoms with Gasteiger partial charge in [0.2, 0.25) is 0 Å². The summed E-state index contributed by atoms with van der Waals surface area (Å²) in [6.45, 7) is 1.43. The number of benzene rings is 2. The minimum Gasteiger partial charge on any atom is -0.497 e. The minimum atomic E-state index is -0.247. The molecular weight excluding hydrogens is 382 g/mol. The summed E-state index contributed by atoms with van der Waals surface area (Å²) < 4.78 is 12.9. The summed E-state index contributed by atoms with van der Waals surface area (Å²) in [5.41, 5.74) is 3.85. The van der Waals surface area contributed by atoms with Crippen LogP contribution in [0, 0.1) is 0 Å². The van der Waals surface area contributed by atoms with E-state index in [9.17, 15) is 0 Å². The molecule has 9 nitrogen and oxygen atoms in total. The minimum absolute atomic E-state index is 0.143. The third-order valence-electron chi connectivity index (χ3n) is 5.40. The SMILES string of the molecule is COc1ccc(C(Nc2ccc3[nH]cnc3c2)c2nnnn2CC2CCCO2)cc1. The number of rotatable bonds is 7. The first-order valence-electron chi connectivity index (χ1n) is 10.0. The Labute approximate surface area is 173 Å². The monoisotopic (exact) mass is 405 g/mol. The number of hydrogen-bond donors (Lipinski definition) is 2. The molecule has 0 saturated carbocycles. The lowest BCUT2D eigenvalue weighted by Gasteiger charge is -2.21. The van der Waals surface area contributed by atoms with Crippen molar-refractivity contribution >= 4 is 16.7 Å². The summed E-state index contributed by atoms with van der Waals surface area (Å²) in [5.74, 6) is 1.53. The third-order valence-corrected chi connectivity index (χ3v) is 5.40. The van der Waals surface area contributed by atoms with Crippen LogP contribution in [0.5, 0.6) is 5.75 Å². The first-order chi connectivity index (χ1) is 14.8. The van der Waals surface area contributed by atoms with Crippen LogP contribution in [-0.4, -0.2) is 50.0 Å². The van der Waals surface area contributed by atoms with E-state index in [1.54, 1.807) is 13.4 Å². The van der Waals surface area contributed by atoms with Crippen LogP contribution in [0.1, 0.15) is 30.3 Å². The van der Waals surface area contributed by atoms with Crippen LogP contribution in [0.25, 0.3) is 11.0 Å². The van der Waals surface area contributed by atoms with Gasteiger partial charge >= 0.3 is 0 Å². The maximum absolute atomic E-state index is 5.79. The van der Waals surface area contributed by atoms with Gasteiger partial charge in [-0.2, -0.15) is 0 Å². The fourth-order valence-corrected chi connectivity index (χ4v) is 3.81. The average Bonchev–Trinajstić information content (AvgIpc) is 3.54. The van der Waals surface area contributed by atoms with Crippen LogP contribution in [0.3, 0.4) is 0 Å². The van der Waals surface area contributed by atoms with E-state index >= 15 is 0 Å². The molecule has 2 atom stereocenters. The Morgan fingerprint density at radius 1 is 1.27 bits per heavy atom. The number of aromatic nitrogens is 6. The summed E-state index contributed by atoms with van der Waals surface area (Å²) in [6, 6.07) is 13.7. The highest BCUT2D eigenvalue weighted by atomic mass is 16.5. The van der Waals surface area contributed by atoms with Gasteiger partial charge in [0.1, 0.15) is 11.8 Å². The molecule has 3 heterocycles. The molecule has 30 heavy (non-hydrogen) atoms. The van der Waals surface area contributed by atoms with Gasteiger partial charge in [0, 0.05) is 12.3 Å². The van der Waals surface area contributed by atoms with Crippen LogP contribution < -0.4 is 10.1 Å². The number of nitrogens with zero attached hydrogens (tertiary/aromatic N) is 5. The van der Waals surface area contributed by atoms with Crippen molar-refractivity contribution in [1.29, 1.82) is 0 Å². The van der Waals surface area contributed by atoms with Crippen molar-refractivity contribution in [1.82, 2.24) is 30.2 Å². The normalized spacial score (nSPS) is 17.3. The molecule has 2 N–H and O–H groups in total. The first kappa shape index (κ1) is 18.6. The van der Waals surface area contributed by atoms with Gasteiger partial charge in [-0.25, -0.2) is 9.67 Å². The molecule has 154 valence electrons. The molecule has 0 aliphatic carbocycles. The number of fused-ring (bicyclic) bond motifs is 1. The topological polar surface area (TPSA) is 103 Å². The van der Waals surface area contributed by atoms with E-state index in [0.717, 1.165) is 53.3 Å². The molecule has 5 rings (SSSR count). The fourth-order valence-electron chi connectivity index (χ4n) is 3.81.